The van der Waals surface area contributed by atoms with Crippen LogP contribution in [0.3, 0.4) is 0 Å². The summed E-state index contributed by atoms with van der Waals surface area (Å²) in [6.45, 7) is 13.5. The summed E-state index contributed by atoms with van der Waals surface area (Å²) in [5.41, 5.74) is 2.58. The summed E-state index contributed by atoms with van der Waals surface area (Å²) in [6.07, 6.45) is 4.67. The summed E-state index contributed by atoms with van der Waals surface area (Å²) in [4.78, 5) is 26.8. The van der Waals surface area contributed by atoms with E-state index in [1.54, 1.807) is 11.3 Å². The summed E-state index contributed by atoms with van der Waals surface area (Å²) in [5, 5.41) is 16.3. The maximum atomic E-state index is 11.8. The highest BCUT2D eigenvalue weighted by atomic mass is 79.9. The number of halogens is 4. The number of alkyl halides is 3. The molecule has 0 spiro atoms. The van der Waals surface area contributed by atoms with E-state index in [1.807, 2.05) is 26.8 Å². The molecule has 1 heterocycles. The summed E-state index contributed by atoms with van der Waals surface area (Å²) < 4.78 is 40.6. The monoisotopic (exact) mass is 732 g/mol. The quantitative estimate of drug-likeness (QED) is 0.104. The Morgan fingerprint density at radius 2 is 1.52 bits per heavy atom. The van der Waals surface area contributed by atoms with E-state index < -0.39 is 23.8 Å². The number of amides is 1. The van der Waals surface area contributed by atoms with Gasteiger partial charge in [0.25, 0.3) is 0 Å². The number of anilines is 1. The highest BCUT2D eigenvalue weighted by molar-refractivity contribution is 8.93. The highest BCUT2D eigenvalue weighted by Crippen LogP contribution is 2.31. The van der Waals surface area contributed by atoms with Crippen LogP contribution in [0, 0.1) is 0 Å². The average Bonchev–Trinajstić information content (AvgIpc) is 2.96. The minimum absolute atomic E-state index is 0. The molecule has 1 aliphatic heterocycles. The van der Waals surface area contributed by atoms with E-state index in [0.29, 0.717) is 13.1 Å². The molecular formula is C33H48BrF3N4O4S. The van der Waals surface area contributed by atoms with E-state index in [-0.39, 0.29) is 17.0 Å². The number of nitrogens with one attached hydrogen (secondary N) is 2. The number of hydrogen-bond acceptors (Lipinski definition) is 7. The van der Waals surface area contributed by atoms with Gasteiger partial charge in [-0.3, -0.25) is 0 Å². The number of benzene rings is 2. The number of aromatic nitrogens is 1. The summed E-state index contributed by atoms with van der Waals surface area (Å²) in [5.74, 6) is -3.01. The summed E-state index contributed by atoms with van der Waals surface area (Å²) in [6, 6.07) is 13.0. The third-order valence-corrected chi connectivity index (χ3v) is 7.74. The minimum Gasteiger partial charge on any atom is -0.542 e. The van der Waals surface area contributed by atoms with Gasteiger partial charge in [0, 0.05) is 43.8 Å². The van der Waals surface area contributed by atoms with Gasteiger partial charge in [0.05, 0.1) is 20.8 Å². The number of carboxylic acids is 1. The molecular weight excluding hydrogens is 685 g/mol. The first-order valence-electron chi connectivity index (χ1n) is 15.6. The maximum absolute atomic E-state index is 11.8. The zero-order chi connectivity index (χ0) is 33.5. The SMILES string of the molecule is Br.CCCCCC[N+](CCCCCC)=c1ccc2nc3ccc(NCCNC(=O)OC(C)(C)C)cc3sc-2c1.O=C([O-])C(F)(F)F. The Kier molecular flexibility index (Phi) is 18.2. The first kappa shape index (κ1) is 41.1. The van der Waals surface area contributed by atoms with Crippen molar-refractivity contribution in [2.45, 2.75) is 97.8 Å². The molecule has 0 saturated carbocycles. The zero-order valence-corrected chi connectivity index (χ0v) is 30.0. The second kappa shape index (κ2) is 20.3. The van der Waals surface area contributed by atoms with Gasteiger partial charge in [-0.15, -0.1) is 28.3 Å². The van der Waals surface area contributed by atoms with E-state index >= 15 is 0 Å². The molecule has 3 rings (SSSR count). The van der Waals surface area contributed by atoms with Crippen molar-refractivity contribution in [3.8, 4) is 10.6 Å². The van der Waals surface area contributed by atoms with Crippen LogP contribution < -0.4 is 25.7 Å². The Bertz CT molecular complexity index is 1400. The fourth-order valence-electron chi connectivity index (χ4n) is 4.43. The lowest BCUT2D eigenvalue weighted by atomic mass is 10.1. The molecule has 0 aromatic heterocycles. The van der Waals surface area contributed by atoms with Crippen molar-refractivity contribution < 1.29 is 32.6 Å². The number of fused-ring (bicyclic) bond motifs is 2. The van der Waals surface area contributed by atoms with Gasteiger partial charge in [-0.1, -0.05) is 39.5 Å². The normalized spacial score (nSPS) is 11.3. The van der Waals surface area contributed by atoms with Crippen LogP contribution in [-0.4, -0.2) is 55.0 Å². The summed E-state index contributed by atoms with van der Waals surface area (Å²) >= 11 is 1.79. The van der Waals surface area contributed by atoms with E-state index in [9.17, 15) is 18.0 Å². The van der Waals surface area contributed by atoms with Crippen LogP contribution in [0.5, 0.6) is 0 Å². The number of carboxylic acid groups (broad SMARTS) is 1. The van der Waals surface area contributed by atoms with E-state index in [0.717, 1.165) is 34.7 Å². The molecule has 0 atom stereocenters. The van der Waals surface area contributed by atoms with Gasteiger partial charge < -0.3 is 25.3 Å². The molecule has 1 aromatic rings. The van der Waals surface area contributed by atoms with Crippen LogP contribution in [-0.2, 0) is 9.53 Å². The minimum atomic E-state index is -5.19. The standard InChI is InChI=1S/C31H46N4O2S.C2HF3O2.BrH/c1-6-8-10-12-20-35(21-13-11-9-7-2)25-15-17-27-29(23-25)38-28-22-24(14-16-26(28)34-27)32-18-19-33-30(36)37-31(3,4)5;3-2(4,5)1(6)7;/h14-17,22-23H,6-13,18-21H2,1-5H3,(H,33,36);(H,6,7);1H. The molecule has 1 aromatic carbocycles. The van der Waals surface area contributed by atoms with Gasteiger partial charge in [-0.05, 0) is 57.9 Å². The Morgan fingerprint density at radius 3 is 2.07 bits per heavy atom. The van der Waals surface area contributed by atoms with Crippen LogP contribution in [0.25, 0.3) is 20.8 Å². The Hall–Kier alpha value is -2.93. The third kappa shape index (κ3) is 15.6. The van der Waals surface area contributed by atoms with Gasteiger partial charge in [0.1, 0.15) is 24.7 Å². The third-order valence-electron chi connectivity index (χ3n) is 6.65. The molecule has 8 nitrogen and oxygen atoms in total. The molecule has 13 heteroatoms. The van der Waals surface area contributed by atoms with Gasteiger partial charge in [-0.25, -0.2) is 14.4 Å². The van der Waals surface area contributed by atoms with E-state index in [2.05, 4.69) is 59.4 Å². The van der Waals surface area contributed by atoms with Crippen molar-refractivity contribution in [1.82, 2.24) is 14.9 Å². The predicted molar refractivity (Wildman–Crippen MR) is 184 cm³/mol. The molecule has 0 fully saturated rings. The second-order valence-corrected chi connectivity index (χ2v) is 12.9. The number of nitrogens with zero attached hydrogens (tertiary/aromatic N) is 2. The van der Waals surface area contributed by atoms with Crippen LogP contribution in [0.15, 0.2) is 36.4 Å². The Labute approximate surface area is 284 Å². The van der Waals surface area contributed by atoms with Gasteiger partial charge >= 0.3 is 12.3 Å². The molecule has 2 N–H and O–H groups in total. The molecule has 46 heavy (non-hydrogen) atoms. The van der Waals surface area contributed by atoms with Crippen molar-refractivity contribution in [2.75, 3.05) is 31.5 Å². The lowest BCUT2D eigenvalue weighted by molar-refractivity contribution is -0.344. The van der Waals surface area contributed by atoms with Crippen LogP contribution >= 0.6 is 28.3 Å². The molecule has 0 bridgehead atoms. The zero-order valence-electron chi connectivity index (χ0n) is 27.4. The predicted octanol–water partition coefficient (Wildman–Crippen LogP) is 7.15. The first-order chi connectivity index (χ1) is 21.2. The molecule has 0 saturated heterocycles. The molecule has 1 aliphatic carbocycles. The fourth-order valence-corrected chi connectivity index (χ4v) is 5.47. The lowest BCUT2D eigenvalue weighted by Crippen LogP contribution is -2.37. The van der Waals surface area contributed by atoms with Crippen molar-refractivity contribution >= 4 is 56.3 Å². The Morgan fingerprint density at radius 1 is 0.913 bits per heavy atom. The van der Waals surface area contributed by atoms with Crippen LogP contribution in [0.1, 0.15) is 86.0 Å². The number of unbranched alkanes of at least 4 members (excludes halogenated alkanes) is 6. The molecule has 0 radical (unpaired) electrons. The van der Waals surface area contributed by atoms with Crippen molar-refractivity contribution in [3.63, 3.8) is 0 Å². The molecule has 258 valence electrons. The van der Waals surface area contributed by atoms with E-state index in [4.69, 9.17) is 19.6 Å². The smallest absolute Gasteiger partial charge is 0.430 e. The molecule has 0 unspecified atom stereocenters. The van der Waals surface area contributed by atoms with E-state index in [1.165, 1.54) is 61.6 Å². The number of carbonyl (C=O) groups is 2. The maximum Gasteiger partial charge on any atom is 0.430 e. The van der Waals surface area contributed by atoms with Crippen molar-refractivity contribution in [1.29, 1.82) is 0 Å². The van der Waals surface area contributed by atoms with Crippen molar-refractivity contribution in [2.24, 2.45) is 0 Å². The van der Waals surface area contributed by atoms with Gasteiger partial charge in [0.2, 0.25) is 5.36 Å². The lowest BCUT2D eigenvalue weighted by Gasteiger charge is -2.19. The van der Waals surface area contributed by atoms with Crippen LogP contribution in [0.2, 0.25) is 0 Å². The number of hydrogen-bond donors (Lipinski definition) is 2. The molecule has 1 amide bonds. The number of carbonyl (C=O) groups excluding carboxylic acids is 2. The topological polar surface area (TPSA) is 106 Å². The Balaban J connectivity index is 0.00000119. The first-order valence-corrected chi connectivity index (χ1v) is 16.5. The van der Waals surface area contributed by atoms with Crippen molar-refractivity contribution in [3.05, 3.63) is 41.8 Å². The number of aliphatic carboxylic acids is 1. The van der Waals surface area contributed by atoms with Crippen LogP contribution in [0.4, 0.5) is 23.7 Å². The van der Waals surface area contributed by atoms with Gasteiger partial charge in [0.15, 0.2) is 0 Å². The van der Waals surface area contributed by atoms with Gasteiger partial charge in [-0.2, -0.15) is 13.2 Å². The summed E-state index contributed by atoms with van der Waals surface area (Å²) in [7, 11) is 0. The second-order valence-electron chi connectivity index (χ2n) is 11.8. The number of ether oxygens (including phenoxy) is 1. The largest absolute Gasteiger partial charge is 0.542 e. The average molecular weight is 734 g/mol. The molecule has 2 aliphatic rings. The fraction of sp³-hybridized carbons (Fsp3) is 0.576. The number of rotatable bonds is 14. The highest BCUT2D eigenvalue weighted by Gasteiger charge is 2.28. The number of alkyl carbamates (subject to hydrolysis) is 1.